The average molecular weight is 254 g/mol. The van der Waals surface area contributed by atoms with Crippen LogP contribution < -0.4 is 11.1 Å². The Hall–Kier alpha value is -0.980. The molecular weight excluding hydrogens is 236 g/mol. The Balaban J connectivity index is 1.92. The van der Waals surface area contributed by atoms with E-state index in [4.69, 9.17) is 5.73 Å². The van der Waals surface area contributed by atoms with Crippen molar-refractivity contribution in [1.29, 1.82) is 0 Å². The molecule has 1 aliphatic rings. The number of carbonyl (C=O) groups is 1. The molecule has 1 unspecified atom stereocenters. The molecule has 0 saturated carbocycles. The third-order valence-corrected chi connectivity index (χ3v) is 3.79. The second kappa shape index (κ2) is 5.57. The predicted octanol–water partition coefficient (Wildman–Crippen LogP) is 0.426. The van der Waals surface area contributed by atoms with E-state index in [-0.39, 0.29) is 11.9 Å². The Bertz CT molecular complexity index is 393. The van der Waals surface area contributed by atoms with Crippen molar-refractivity contribution in [2.75, 3.05) is 20.1 Å². The maximum atomic E-state index is 11.9. The standard InChI is InChI=1S/C11H18N4OS/c1-15-4-2-3-8(6-15)13-11(16)9-7-17-10(5-12)14-9/h7-8H,2-6,12H2,1H3,(H,13,16). The minimum atomic E-state index is -0.0822. The molecule has 17 heavy (non-hydrogen) atoms. The molecule has 1 aromatic rings. The SMILES string of the molecule is CN1CCCC(NC(=O)c2csc(CN)n2)C1. The van der Waals surface area contributed by atoms with Crippen LogP contribution in [-0.2, 0) is 6.54 Å². The normalized spacial score (nSPS) is 21.4. The molecule has 0 aliphatic carbocycles. The van der Waals surface area contributed by atoms with Crippen LogP contribution >= 0.6 is 11.3 Å². The zero-order chi connectivity index (χ0) is 12.3. The average Bonchev–Trinajstić information content (AvgIpc) is 2.77. The van der Waals surface area contributed by atoms with E-state index in [2.05, 4.69) is 22.2 Å². The van der Waals surface area contributed by atoms with Crippen LogP contribution in [0.3, 0.4) is 0 Å². The smallest absolute Gasteiger partial charge is 0.271 e. The minimum Gasteiger partial charge on any atom is -0.347 e. The molecule has 1 fully saturated rings. The Morgan fingerprint density at radius 1 is 1.76 bits per heavy atom. The lowest BCUT2D eigenvalue weighted by Crippen LogP contribution is -2.46. The van der Waals surface area contributed by atoms with Crippen molar-refractivity contribution in [2.24, 2.45) is 5.73 Å². The molecule has 0 aromatic carbocycles. The molecule has 0 spiro atoms. The summed E-state index contributed by atoms with van der Waals surface area (Å²) in [7, 11) is 2.08. The third kappa shape index (κ3) is 3.24. The van der Waals surface area contributed by atoms with Crippen LogP contribution in [-0.4, -0.2) is 42.0 Å². The number of nitrogens with two attached hydrogens (primary N) is 1. The highest BCUT2D eigenvalue weighted by Crippen LogP contribution is 2.11. The van der Waals surface area contributed by atoms with Gasteiger partial charge in [-0.15, -0.1) is 11.3 Å². The van der Waals surface area contributed by atoms with Gasteiger partial charge in [0, 0.05) is 24.5 Å². The monoisotopic (exact) mass is 254 g/mol. The maximum absolute atomic E-state index is 11.9. The Morgan fingerprint density at radius 3 is 3.24 bits per heavy atom. The quantitative estimate of drug-likeness (QED) is 0.820. The van der Waals surface area contributed by atoms with Crippen LogP contribution in [0.4, 0.5) is 0 Å². The van der Waals surface area contributed by atoms with E-state index in [0.717, 1.165) is 30.9 Å². The van der Waals surface area contributed by atoms with Crippen LogP contribution in [0.1, 0.15) is 28.3 Å². The molecular formula is C11H18N4OS. The summed E-state index contributed by atoms with van der Waals surface area (Å²) in [6, 6.07) is 0.240. The summed E-state index contributed by atoms with van der Waals surface area (Å²) >= 11 is 1.43. The Morgan fingerprint density at radius 2 is 2.59 bits per heavy atom. The molecule has 1 saturated heterocycles. The Kier molecular flexibility index (Phi) is 4.09. The fraction of sp³-hybridized carbons (Fsp3) is 0.636. The van der Waals surface area contributed by atoms with Gasteiger partial charge < -0.3 is 16.0 Å². The van der Waals surface area contributed by atoms with Gasteiger partial charge >= 0.3 is 0 Å². The highest BCUT2D eigenvalue weighted by molar-refractivity contribution is 7.09. The summed E-state index contributed by atoms with van der Waals surface area (Å²) in [6.45, 7) is 2.42. The van der Waals surface area contributed by atoms with E-state index in [1.165, 1.54) is 11.3 Å². The molecule has 1 aromatic heterocycles. The summed E-state index contributed by atoms with van der Waals surface area (Å²) in [6.07, 6.45) is 2.18. The lowest BCUT2D eigenvalue weighted by molar-refractivity contribution is 0.0908. The Labute approximate surface area is 105 Å². The fourth-order valence-electron chi connectivity index (χ4n) is 2.05. The van der Waals surface area contributed by atoms with Gasteiger partial charge in [-0.2, -0.15) is 0 Å². The second-order valence-corrected chi connectivity index (χ2v) is 5.35. The molecule has 0 radical (unpaired) electrons. The summed E-state index contributed by atoms with van der Waals surface area (Å²) in [5.74, 6) is -0.0822. The predicted molar refractivity (Wildman–Crippen MR) is 68.0 cm³/mol. The number of likely N-dealkylation sites (tertiary alicyclic amines) is 1. The number of amides is 1. The highest BCUT2D eigenvalue weighted by atomic mass is 32.1. The van der Waals surface area contributed by atoms with Crippen molar-refractivity contribution in [3.05, 3.63) is 16.1 Å². The number of nitrogens with zero attached hydrogens (tertiary/aromatic N) is 2. The van der Waals surface area contributed by atoms with E-state index in [0.29, 0.717) is 12.2 Å². The van der Waals surface area contributed by atoms with Gasteiger partial charge in [0.15, 0.2) is 0 Å². The first kappa shape index (κ1) is 12.5. The number of likely N-dealkylation sites (N-methyl/N-ethyl adjacent to an activating group) is 1. The van der Waals surface area contributed by atoms with Gasteiger partial charge in [-0.25, -0.2) is 4.98 Å². The van der Waals surface area contributed by atoms with E-state index in [1.807, 2.05) is 0 Å². The van der Waals surface area contributed by atoms with Crippen LogP contribution in [0.15, 0.2) is 5.38 Å². The van der Waals surface area contributed by atoms with Crippen LogP contribution in [0, 0.1) is 0 Å². The lowest BCUT2D eigenvalue weighted by atomic mass is 10.1. The van der Waals surface area contributed by atoms with Crippen molar-refractivity contribution < 1.29 is 4.79 Å². The highest BCUT2D eigenvalue weighted by Gasteiger charge is 2.20. The minimum absolute atomic E-state index is 0.0822. The van der Waals surface area contributed by atoms with Crippen molar-refractivity contribution in [1.82, 2.24) is 15.2 Å². The van der Waals surface area contributed by atoms with Crippen LogP contribution in [0.5, 0.6) is 0 Å². The van der Waals surface area contributed by atoms with E-state index in [1.54, 1.807) is 5.38 Å². The first-order chi connectivity index (χ1) is 8.19. The molecule has 5 nitrogen and oxygen atoms in total. The fourth-order valence-corrected chi connectivity index (χ4v) is 2.71. The molecule has 0 bridgehead atoms. The van der Waals surface area contributed by atoms with E-state index in [9.17, 15) is 4.79 Å². The van der Waals surface area contributed by atoms with Crippen LogP contribution in [0.25, 0.3) is 0 Å². The maximum Gasteiger partial charge on any atom is 0.271 e. The van der Waals surface area contributed by atoms with E-state index < -0.39 is 0 Å². The molecule has 6 heteroatoms. The molecule has 2 rings (SSSR count). The largest absolute Gasteiger partial charge is 0.347 e. The number of hydrogen-bond acceptors (Lipinski definition) is 5. The van der Waals surface area contributed by atoms with Crippen molar-refractivity contribution >= 4 is 17.2 Å². The molecule has 3 N–H and O–H groups in total. The van der Waals surface area contributed by atoms with Gasteiger partial charge in [-0.1, -0.05) is 0 Å². The number of aromatic nitrogens is 1. The number of hydrogen-bond donors (Lipinski definition) is 2. The number of piperidine rings is 1. The summed E-state index contributed by atoms with van der Waals surface area (Å²) < 4.78 is 0. The zero-order valence-corrected chi connectivity index (χ0v) is 10.8. The number of nitrogens with one attached hydrogen (secondary N) is 1. The van der Waals surface area contributed by atoms with E-state index >= 15 is 0 Å². The summed E-state index contributed by atoms with van der Waals surface area (Å²) in [5, 5.41) is 5.60. The zero-order valence-electron chi connectivity index (χ0n) is 9.98. The number of thiazole rings is 1. The number of carbonyl (C=O) groups excluding carboxylic acids is 1. The van der Waals surface area contributed by atoms with Gasteiger partial charge in [0.2, 0.25) is 0 Å². The lowest BCUT2D eigenvalue weighted by Gasteiger charge is -2.29. The van der Waals surface area contributed by atoms with Crippen molar-refractivity contribution in [2.45, 2.75) is 25.4 Å². The topological polar surface area (TPSA) is 71.2 Å². The molecule has 94 valence electrons. The summed E-state index contributed by atoms with van der Waals surface area (Å²) in [4.78, 5) is 18.3. The first-order valence-corrected chi connectivity index (χ1v) is 6.71. The van der Waals surface area contributed by atoms with Gasteiger partial charge in [-0.05, 0) is 26.4 Å². The van der Waals surface area contributed by atoms with Crippen molar-refractivity contribution in [3.63, 3.8) is 0 Å². The molecule has 1 amide bonds. The van der Waals surface area contributed by atoms with Crippen molar-refractivity contribution in [3.8, 4) is 0 Å². The molecule has 1 aliphatic heterocycles. The van der Waals surface area contributed by atoms with Crippen LogP contribution in [0.2, 0.25) is 0 Å². The van der Waals surface area contributed by atoms with Gasteiger partial charge in [0.1, 0.15) is 10.7 Å². The molecule has 2 heterocycles. The van der Waals surface area contributed by atoms with Gasteiger partial charge in [0.05, 0.1) is 0 Å². The summed E-state index contributed by atoms with van der Waals surface area (Å²) in [5.41, 5.74) is 5.96. The second-order valence-electron chi connectivity index (χ2n) is 4.41. The first-order valence-electron chi connectivity index (χ1n) is 5.83. The van der Waals surface area contributed by atoms with Gasteiger partial charge in [-0.3, -0.25) is 4.79 Å². The third-order valence-electron chi connectivity index (χ3n) is 2.92. The molecule has 1 atom stereocenters. The number of rotatable bonds is 3. The van der Waals surface area contributed by atoms with Gasteiger partial charge in [0.25, 0.3) is 5.91 Å².